The van der Waals surface area contributed by atoms with Crippen molar-refractivity contribution in [3.05, 3.63) is 34.6 Å². The molecule has 4 heteroatoms. The average Bonchev–Trinajstić information content (AvgIpc) is 2.34. The SMILES string of the molecule is COc1cccc2c(NCC(C)(C)C)cc(=O)[nH]c12. The number of benzene rings is 1. The third-order valence-corrected chi connectivity index (χ3v) is 2.87. The minimum Gasteiger partial charge on any atom is -0.495 e. The van der Waals surface area contributed by atoms with Gasteiger partial charge in [-0.3, -0.25) is 4.79 Å². The number of hydrogen-bond donors (Lipinski definition) is 2. The van der Waals surface area contributed by atoms with Gasteiger partial charge >= 0.3 is 0 Å². The fraction of sp³-hybridized carbons (Fsp3) is 0.400. The van der Waals surface area contributed by atoms with E-state index >= 15 is 0 Å². The van der Waals surface area contributed by atoms with Gasteiger partial charge in [0.2, 0.25) is 0 Å². The van der Waals surface area contributed by atoms with E-state index in [4.69, 9.17) is 4.74 Å². The number of hydrogen-bond acceptors (Lipinski definition) is 3. The summed E-state index contributed by atoms with van der Waals surface area (Å²) < 4.78 is 5.28. The summed E-state index contributed by atoms with van der Waals surface area (Å²) in [5, 5.41) is 4.31. The molecule has 0 aliphatic carbocycles. The molecule has 1 aromatic heterocycles. The molecule has 0 aliphatic heterocycles. The lowest BCUT2D eigenvalue weighted by molar-refractivity contribution is 0.419. The van der Waals surface area contributed by atoms with Crippen LogP contribution in [-0.2, 0) is 0 Å². The molecule has 0 saturated carbocycles. The predicted octanol–water partition coefficient (Wildman–Crippen LogP) is 2.99. The number of rotatable bonds is 3. The lowest BCUT2D eigenvalue weighted by atomic mass is 9.97. The van der Waals surface area contributed by atoms with Crippen LogP contribution in [0, 0.1) is 5.41 Å². The quantitative estimate of drug-likeness (QED) is 0.892. The van der Waals surface area contributed by atoms with Crippen molar-refractivity contribution in [1.29, 1.82) is 0 Å². The highest BCUT2D eigenvalue weighted by Gasteiger charge is 2.12. The Hall–Kier alpha value is -1.97. The van der Waals surface area contributed by atoms with Crippen molar-refractivity contribution in [3.63, 3.8) is 0 Å². The van der Waals surface area contributed by atoms with E-state index in [1.807, 2.05) is 18.2 Å². The van der Waals surface area contributed by atoms with E-state index < -0.39 is 0 Å². The van der Waals surface area contributed by atoms with Gasteiger partial charge in [-0.05, 0) is 11.5 Å². The molecule has 0 amide bonds. The predicted molar refractivity (Wildman–Crippen MR) is 79.1 cm³/mol. The molecule has 102 valence electrons. The van der Waals surface area contributed by atoms with Gasteiger partial charge in [0.25, 0.3) is 5.56 Å². The summed E-state index contributed by atoms with van der Waals surface area (Å²) in [5.74, 6) is 0.675. The molecule has 0 radical (unpaired) electrons. The number of aromatic amines is 1. The van der Waals surface area contributed by atoms with Gasteiger partial charge in [-0.15, -0.1) is 0 Å². The number of aromatic nitrogens is 1. The van der Waals surface area contributed by atoms with Crippen LogP contribution in [0.5, 0.6) is 5.75 Å². The smallest absolute Gasteiger partial charge is 0.250 e. The van der Waals surface area contributed by atoms with Crippen LogP contribution in [0.25, 0.3) is 10.9 Å². The van der Waals surface area contributed by atoms with Crippen molar-refractivity contribution < 1.29 is 4.74 Å². The first-order valence-electron chi connectivity index (χ1n) is 6.34. The molecular formula is C15H20N2O2. The Morgan fingerprint density at radius 2 is 2.05 bits per heavy atom. The molecule has 1 heterocycles. The zero-order chi connectivity index (χ0) is 14.0. The number of pyridine rings is 1. The van der Waals surface area contributed by atoms with E-state index in [0.717, 1.165) is 23.1 Å². The summed E-state index contributed by atoms with van der Waals surface area (Å²) in [7, 11) is 1.60. The molecular weight excluding hydrogens is 240 g/mol. The standard InChI is InChI=1S/C15H20N2O2/c1-15(2,3)9-16-11-8-13(18)17-14-10(11)6-5-7-12(14)19-4/h5-8H,9H2,1-4H3,(H2,16,17,18). The summed E-state index contributed by atoms with van der Waals surface area (Å²) >= 11 is 0. The monoisotopic (exact) mass is 260 g/mol. The van der Waals surface area contributed by atoms with Crippen LogP contribution in [0.15, 0.2) is 29.1 Å². The Bertz CT molecular complexity index is 639. The molecule has 4 nitrogen and oxygen atoms in total. The van der Waals surface area contributed by atoms with Crippen molar-refractivity contribution in [2.45, 2.75) is 20.8 Å². The molecule has 0 bridgehead atoms. The van der Waals surface area contributed by atoms with E-state index in [1.165, 1.54) is 0 Å². The Labute approximate surface area is 112 Å². The first-order chi connectivity index (χ1) is 8.90. The van der Waals surface area contributed by atoms with Gasteiger partial charge in [-0.2, -0.15) is 0 Å². The van der Waals surface area contributed by atoms with Crippen molar-refractivity contribution in [3.8, 4) is 5.75 Å². The average molecular weight is 260 g/mol. The van der Waals surface area contributed by atoms with Gasteiger partial charge in [0, 0.05) is 23.7 Å². The van der Waals surface area contributed by atoms with Crippen molar-refractivity contribution in [2.75, 3.05) is 19.0 Å². The number of ether oxygens (including phenoxy) is 1. The highest BCUT2D eigenvalue weighted by molar-refractivity contribution is 5.94. The molecule has 0 saturated heterocycles. The number of H-pyrrole nitrogens is 1. The zero-order valence-corrected chi connectivity index (χ0v) is 11.8. The van der Waals surface area contributed by atoms with E-state index in [1.54, 1.807) is 13.2 Å². The number of fused-ring (bicyclic) bond motifs is 1. The normalized spacial score (nSPS) is 11.6. The van der Waals surface area contributed by atoms with Crippen LogP contribution in [-0.4, -0.2) is 18.6 Å². The molecule has 0 spiro atoms. The first kappa shape index (κ1) is 13.5. The largest absolute Gasteiger partial charge is 0.495 e. The molecule has 0 aliphatic rings. The lowest BCUT2D eigenvalue weighted by Crippen LogP contribution is -2.20. The summed E-state index contributed by atoms with van der Waals surface area (Å²) in [6.45, 7) is 7.24. The Balaban J connectivity index is 2.52. The summed E-state index contributed by atoms with van der Waals surface area (Å²) in [5.41, 5.74) is 1.59. The zero-order valence-electron chi connectivity index (χ0n) is 11.8. The Morgan fingerprint density at radius 3 is 2.68 bits per heavy atom. The van der Waals surface area contributed by atoms with Crippen molar-refractivity contribution >= 4 is 16.6 Å². The Kier molecular flexibility index (Phi) is 3.51. The fourth-order valence-electron chi connectivity index (χ4n) is 1.93. The molecule has 0 fully saturated rings. The summed E-state index contributed by atoms with van der Waals surface area (Å²) in [6, 6.07) is 7.32. The molecule has 2 rings (SSSR count). The van der Waals surface area contributed by atoms with Gasteiger partial charge in [0.1, 0.15) is 5.75 Å². The number of methoxy groups -OCH3 is 1. The summed E-state index contributed by atoms with van der Waals surface area (Å²) in [4.78, 5) is 14.6. The Morgan fingerprint density at radius 1 is 1.32 bits per heavy atom. The molecule has 19 heavy (non-hydrogen) atoms. The molecule has 1 aromatic carbocycles. The van der Waals surface area contributed by atoms with Gasteiger partial charge < -0.3 is 15.0 Å². The highest BCUT2D eigenvalue weighted by atomic mass is 16.5. The minimum absolute atomic E-state index is 0.131. The van der Waals surface area contributed by atoms with Crippen LogP contribution >= 0.6 is 0 Å². The second-order valence-corrected chi connectivity index (χ2v) is 5.84. The highest BCUT2D eigenvalue weighted by Crippen LogP contribution is 2.28. The van der Waals surface area contributed by atoms with E-state index in [9.17, 15) is 4.79 Å². The van der Waals surface area contributed by atoms with Gasteiger partial charge in [-0.1, -0.05) is 32.9 Å². The van der Waals surface area contributed by atoms with Crippen LogP contribution in [0.3, 0.4) is 0 Å². The first-order valence-corrected chi connectivity index (χ1v) is 6.34. The maximum Gasteiger partial charge on any atom is 0.250 e. The number of nitrogens with one attached hydrogen (secondary N) is 2. The molecule has 2 N–H and O–H groups in total. The summed E-state index contributed by atoms with van der Waals surface area (Å²) in [6.07, 6.45) is 0. The van der Waals surface area contributed by atoms with Crippen LogP contribution in [0.1, 0.15) is 20.8 Å². The second kappa shape index (κ2) is 4.96. The topological polar surface area (TPSA) is 54.1 Å². The van der Waals surface area contributed by atoms with E-state index in [0.29, 0.717) is 5.75 Å². The van der Waals surface area contributed by atoms with Crippen LogP contribution in [0.2, 0.25) is 0 Å². The van der Waals surface area contributed by atoms with Gasteiger partial charge in [0.05, 0.1) is 12.6 Å². The number of anilines is 1. The molecule has 0 unspecified atom stereocenters. The third-order valence-electron chi connectivity index (χ3n) is 2.87. The number of para-hydroxylation sites is 1. The fourth-order valence-corrected chi connectivity index (χ4v) is 1.93. The molecule has 0 atom stereocenters. The maximum absolute atomic E-state index is 11.7. The van der Waals surface area contributed by atoms with Gasteiger partial charge in [-0.25, -0.2) is 0 Å². The van der Waals surface area contributed by atoms with Gasteiger partial charge in [0.15, 0.2) is 0 Å². The maximum atomic E-state index is 11.7. The van der Waals surface area contributed by atoms with E-state index in [2.05, 4.69) is 31.1 Å². The third kappa shape index (κ3) is 3.08. The van der Waals surface area contributed by atoms with Crippen molar-refractivity contribution in [2.24, 2.45) is 5.41 Å². The van der Waals surface area contributed by atoms with Crippen molar-refractivity contribution in [1.82, 2.24) is 4.98 Å². The lowest BCUT2D eigenvalue weighted by Gasteiger charge is -2.20. The minimum atomic E-state index is -0.131. The molecule has 2 aromatic rings. The van der Waals surface area contributed by atoms with E-state index in [-0.39, 0.29) is 11.0 Å². The second-order valence-electron chi connectivity index (χ2n) is 5.84. The van der Waals surface area contributed by atoms with Crippen LogP contribution in [0.4, 0.5) is 5.69 Å². The van der Waals surface area contributed by atoms with Crippen LogP contribution < -0.4 is 15.6 Å².